The topological polar surface area (TPSA) is 64.0 Å². The maximum absolute atomic E-state index is 12.7. The van der Waals surface area contributed by atoms with Crippen LogP contribution in [0.2, 0.25) is 0 Å². The number of anilines is 1. The Balaban J connectivity index is 1.60. The summed E-state index contributed by atoms with van der Waals surface area (Å²) in [6, 6.07) is 22.0. The first-order valence-corrected chi connectivity index (χ1v) is 9.66. The maximum atomic E-state index is 12.7. The van der Waals surface area contributed by atoms with Gasteiger partial charge in [0.15, 0.2) is 0 Å². The van der Waals surface area contributed by atoms with E-state index in [1.165, 1.54) is 0 Å². The highest BCUT2D eigenvalue weighted by molar-refractivity contribution is 7.92. The molecule has 0 saturated carbocycles. The normalized spacial score (nSPS) is 11.5. The first kappa shape index (κ1) is 16.4. The van der Waals surface area contributed by atoms with E-state index in [1.54, 1.807) is 29.1 Å². The molecule has 0 radical (unpaired) electrons. The standard InChI is InChI=1S/C20H17N3O2S/c24-26(25,20-10-9-17-6-1-2-7-18(17)14-20)22-19-8-3-5-16(13-19)15-23-12-4-11-21-23/h1-14,22H,15H2. The molecule has 0 atom stereocenters. The Bertz CT molecular complexity index is 1150. The largest absolute Gasteiger partial charge is 0.280 e. The summed E-state index contributed by atoms with van der Waals surface area (Å²) in [4.78, 5) is 0.244. The minimum Gasteiger partial charge on any atom is -0.280 e. The number of nitrogens with one attached hydrogen (secondary N) is 1. The number of sulfonamides is 1. The number of rotatable bonds is 5. The lowest BCUT2D eigenvalue weighted by atomic mass is 10.1. The molecular weight excluding hydrogens is 346 g/mol. The number of fused-ring (bicyclic) bond motifs is 1. The molecule has 26 heavy (non-hydrogen) atoms. The van der Waals surface area contributed by atoms with Crippen molar-refractivity contribution in [2.24, 2.45) is 0 Å². The molecule has 130 valence electrons. The van der Waals surface area contributed by atoms with Gasteiger partial charge in [0.1, 0.15) is 0 Å². The number of hydrogen-bond acceptors (Lipinski definition) is 3. The molecule has 3 aromatic carbocycles. The minimum atomic E-state index is -3.66. The predicted octanol–water partition coefficient (Wildman–Crippen LogP) is 3.89. The van der Waals surface area contributed by atoms with Gasteiger partial charge in [-0.2, -0.15) is 5.10 Å². The fourth-order valence-corrected chi connectivity index (χ4v) is 3.95. The lowest BCUT2D eigenvalue weighted by Crippen LogP contribution is -2.13. The molecule has 0 bridgehead atoms. The van der Waals surface area contributed by atoms with Gasteiger partial charge in [-0.3, -0.25) is 9.40 Å². The summed E-state index contributed by atoms with van der Waals surface area (Å²) >= 11 is 0. The van der Waals surface area contributed by atoms with E-state index in [2.05, 4.69) is 9.82 Å². The second-order valence-electron chi connectivity index (χ2n) is 6.02. The second-order valence-corrected chi connectivity index (χ2v) is 7.70. The third-order valence-electron chi connectivity index (χ3n) is 4.11. The van der Waals surface area contributed by atoms with Crippen molar-refractivity contribution in [3.05, 3.63) is 90.8 Å². The second kappa shape index (κ2) is 6.65. The Morgan fingerprint density at radius 1 is 0.885 bits per heavy atom. The van der Waals surface area contributed by atoms with Crippen molar-refractivity contribution in [1.29, 1.82) is 0 Å². The summed E-state index contributed by atoms with van der Waals surface area (Å²) in [6.07, 6.45) is 3.58. The lowest BCUT2D eigenvalue weighted by molar-refractivity contribution is 0.601. The van der Waals surface area contributed by atoms with Crippen LogP contribution in [0.25, 0.3) is 10.8 Å². The third-order valence-corrected chi connectivity index (χ3v) is 5.49. The quantitative estimate of drug-likeness (QED) is 0.585. The summed E-state index contributed by atoms with van der Waals surface area (Å²) in [5.74, 6) is 0. The maximum Gasteiger partial charge on any atom is 0.261 e. The highest BCUT2D eigenvalue weighted by Gasteiger charge is 2.15. The predicted molar refractivity (Wildman–Crippen MR) is 103 cm³/mol. The molecule has 0 aliphatic rings. The fourth-order valence-electron chi connectivity index (χ4n) is 2.86. The molecule has 4 rings (SSSR count). The first-order valence-electron chi connectivity index (χ1n) is 8.18. The molecule has 0 aliphatic heterocycles. The Morgan fingerprint density at radius 3 is 2.54 bits per heavy atom. The van der Waals surface area contributed by atoms with Crippen molar-refractivity contribution in [3.63, 3.8) is 0 Å². The molecule has 0 amide bonds. The van der Waals surface area contributed by atoms with Crippen molar-refractivity contribution in [3.8, 4) is 0 Å². The van der Waals surface area contributed by atoms with Gasteiger partial charge in [0.25, 0.3) is 10.0 Å². The van der Waals surface area contributed by atoms with Gasteiger partial charge in [0, 0.05) is 18.1 Å². The van der Waals surface area contributed by atoms with Crippen LogP contribution in [0.3, 0.4) is 0 Å². The highest BCUT2D eigenvalue weighted by atomic mass is 32.2. The Labute approximate surface area is 152 Å². The Kier molecular flexibility index (Phi) is 4.18. The molecule has 1 N–H and O–H groups in total. The van der Waals surface area contributed by atoms with Crippen molar-refractivity contribution >= 4 is 26.5 Å². The van der Waals surface area contributed by atoms with E-state index in [1.807, 2.05) is 60.8 Å². The van der Waals surface area contributed by atoms with E-state index in [-0.39, 0.29) is 4.90 Å². The molecule has 0 fully saturated rings. The lowest BCUT2D eigenvalue weighted by Gasteiger charge is -2.10. The summed E-state index contributed by atoms with van der Waals surface area (Å²) in [7, 11) is -3.66. The van der Waals surface area contributed by atoms with E-state index < -0.39 is 10.0 Å². The van der Waals surface area contributed by atoms with Crippen molar-refractivity contribution in [2.45, 2.75) is 11.4 Å². The molecule has 0 saturated heterocycles. The first-order chi connectivity index (χ1) is 12.6. The van der Waals surface area contributed by atoms with Crippen molar-refractivity contribution in [1.82, 2.24) is 9.78 Å². The van der Waals surface area contributed by atoms with Crippen LogP contribution in [-0.4, -0.2) is 18.2 Å². The zero-order chi connectivity index (χ0) is 18.0. The van der Waals surface area contributed by atoms with Crippen LogP contribution < -0.4 is 4.72 Å². The molecular formula is C20H17N3O2S. The van der Waals surface area contributed by atoms with Gasteiger partial charge in [-0.15, -0.1) is 0 Å². The number of aromatic nitrogens is 2. The van der Waals surface area contributed by atoms with Crippen LogP contribution in [0.15, 0.2) is 90.1 Å². The SMILES string of the molecule is O=S(=O)(Nc1cccc(Cn2cccn2)c1)c1ccc2ccccc2c1. The van der Waals surface area contributed by atoms with Crippen molar-refractivity contribution in [2.75, 3.05) is 4.72 Å². The van der Waals surface area contributed by atoms with Gasteiger partial charge >= 0.3 is 0 Å². The van der Waals surface area contributed by atoms with Gasteiger partial charge in [-0.25, -0.2) is 8.42 Å². The van der Waals surface area contributed by atoms with E-state index in [4.69, 9.17) is 0 Å². The summed E-state index contributed by atoms with van der Waals surface area (Å²) in [5.41, 5.74) is 1.50. The molecule has 1 aromatic heterocycles. The molecule has 4 aromatic rings. The van der Waals surface area contributed by atoms with Gasteiger partial charge in [0.2, 0.25) is 0 Å². The fraction of sp³-hybridized carbons (Fsp3) is 0.0500. The van der Waals surface area contributed by atoms with Crippen LogP contribution in [0, 0.1) is 0 Å². The molecule has 5 nitrogen and oxygen atoms in total. The van der Waals surface area contributed by atoms with Crippen LogP contribution in [0.5, 0.6) is 0 Å². The average Bonchev–Trinajstić information content (AvgIpc) is 3.14. The Morgan fingerprint density at radius 2 is 1.73 bits per heavy atom. The molecule has 0 aliphatic carbocycles. The van der Waals surface area contributed by atoms with Gasteiger partial charge in [-0.1, -0.05) is 42.5 Å². The highest BCUT2D eigenvalue weighted by Crippen LogP contribution is 2.22. The number of hydrogen-bond donors (Lipinski definition) is 1. The van der Waals surface area contributed by atoms with E-state index >= 15 is 0 Å². The summed E-state index contributed by atoms with van der Waals surface area (Å²) in [5, 5.41) is 6.07. The molecule has 0 unspecified atom stereocenters. The van der Waals surface area contributed by atoms with E-state index in [9.17, 15) is 8.42 Å². The Hall–Kier alpha value is -3.12. The monoisotopic (exact) mass is 363 g/mol. The smallest absolute Gasteiger partial charge is 0.261 e. The van der Waals surface area contributed by atoms with Gasteiger partial charge in [0.05, 0.1) is 11.4 Å². The average molecular weight is 363 g/mol. The zero-order valence-electron chi connectivity index (χ0n) is 13.9. The van der Waals surface area contributed by atoms with Gasteiger partial charge in [-0.05, 0) is 46.7 Å². The van der Waals surface area contributed by atoms with E-state index in [0.717, 1.165) is 16.3 Å². The molecule has 1 heterocycles. The van der Waals surface area contributed by atoms with Gasteiger partial charge < -0.3 is 0 Å². The number of benzene rings is 3. The molecule has 0 spiro atoms. The minimum absolute atomic E-state index is 0.244. The summed E-state index contributed by atoms with van der Waals surface area (Å²) in [6.45, 7) is 0.582. The van der Waals surface area contributed by atoms with Crippen LogP contribution in [0.1, 0.15) is 5.56 Å². The summed E-state index contributed by atoms with van der Waals surface area (Å²) < 4.78 is 29.9. The molecule has 6 heteroatoms. The van der Waals surface area contributed by atoms with Crippen LogP contribution in [-0.2, 0) is 16.6 Å². The van der Waals surface area contributed by atoms with Crippen LogP contribution in [0.4, 0.5) is 5.69 Å². The zero-order valence-corrected chi connectivity index (χ0v) is 14.7. The van der Waals surface area contributed by atoms with E-state index in [0.29, 0.717) is 12.2 Å². The van der Waals surface area contributed by atoms with Crippen molar-refractivity contribution < 1.29 is 8.42 Å². The third kappa shape index (κ3) is 3.45. The number of nitrogens with zero attached hydrogens (tertiary/aromatic N) is 2. The van der Waals surface area contributed by atoms with Crippen LogP contribution >= 0.6 is 0 Å².